The number of allylic oxidation sites excluding steroid dienone is 4. The highest BCUT2D eigenvalue weighted by Crippen LogP contribution is 2.57. The highest BCUT2D eigenvalue weighted by Gasteiger charge is 2.55. The zero-order valence-corrected chi connectivity index (χ0v) is 23.4. The van der Waals surface area contributed by atoms with E-state index in [0.717, 1.165) is 25.7 Å². The van der Waals surface area contributed by atoms with Gasteiger partial charge in [-0.05, 0) is 78.9 Å². The standard InChI is InChI=1S/C32H48N2O4/c1-7-20-15-22(9-3)28-19(5)24(17-25(20)28)31(35)34-12-14-38-30-27(32(36)33-11-13-37-6)18-26-21(8-2)16-23(10-4)29(26)30/h7-10,19-30H,1-4,11-18H2,5-6H3,(H,33,36)(H,34,35). The zero-order chi connectivity index (χ0) is 27.4. The number of amides is 2. The van der Waals surface area contributed by atoms with Gasteiger partial charge in [-0.15, -0.1) is 26.3 Å². The number of fused-ring (bicyclic) bond motifs is 2. The van der Waals surface area contributed by atoms with Crippen LogP contribution in [0.3, 0.4) is 0 Å². The molecule has 0 aromatic rings. The van der Waals surface area contributed by atoms with Gasteiger partial charge in [0.05, 0.1) is 25.2 Å². The summed E-state index contributed by atoms with van der Waals surface area (Å²) in [6.07, 6.45) is 11.9. The summed E-state index contributed by atoms with van der Waals surface area (Å²) in [5, 5.41) is 6.17. The van der Waals surface area contributed by atoms with E-state index in [-0.39, 0.29) is 35.7 Å². The molecule has 4 saturated carbocycles. The average Bonchev–Trinajstić information content (AvgIpc) is 3.66. The molecule has 12 atom stereocenters. The van der Waals surface area contributed by atoms with E-state index >= 15 is 0 Å². The quantitative estimate of drug-likeness (QED) is 0.276. The van der Waals surface area contributed by atoms with Crippen molar-refractivity contribution >= 4 is 11.8 Å². The fourth-order valence-corrected chi connectivity index (χ4v) is 8.69. The van der Waals surface area contributed by atoms with Crippen LogP contribution in [-0.2, 0) is 19.1 Å². The van der Waals surface area contributed by atoms with Gasteiger partial charge >= 0.3 is 0 Å². The fraction of sp³-hybridized carbons (Fsp3) is 0.688. The van der Waals surface area contributed by atoms with E-state index in [1.165, 1.54) is 0 Å². The molecule has 6 heteroatoms. The van der Waals surface area contributed by atoms with Crippen LogP contribution in [0.5, 0.6) is 0 Å². The van der Waals surface area contributed by atoms with Gasteiger partial charge in [-0.25, -0.2) is 0 Å². The van der Waals surface area contributed by atoms with E-state index in [0.29, 0.717) is 73.6 Å². The van der Waals surface area contributed by atoms with Crippen LogP contribution in [0.15, 0.2) is 50.6 Å². The third kappa shape index (κ3) is 5.44. The SMILES string of the molecule is C=CC1CC(C=C)C2C(C)C(C(=O)NCCOC3C(C(=O)NCCOC)CC4C(C=C)CC(C=C)C43)CC12. The minimum atomic E-state index is -0.219. The first-order valence-electron chi connectivity index (χ1n) is 14.6. The number of hydrogen-bond donors (Lipinski definition) is 2. The lowest BCUT2D eigenvalue weighted by Crippen LogP contribution is -2.41. The van der Waals surface area contributed by atoms with Crippen LogP contribution >= 0.6 is 0 Å². The van der Waals surface area contributed by atoms with Gasteiger partial charge in [-0.2, -0.15) is 0 Å². The van der Waals surface area contributed by atoms with Gasteiger partial charge in [0, 0.05) is 26.1 Å². The van der Waals surface area contributed by atoms with E-state index in [1.54, 1.807) is 7.11 Å². The third-order valence-electron chi connectivity index (χ3n) is 10.4. The summed E-state index contributed by atoms with van der Waals surface area (Å²) >= 11 is 0. The number of ether oxygens (including phenoxy) is 2. The second-order valence-corrected chi connectivity index (χ2v) is 12.0. The van der Waals surface area contributed by atoms with Crippen LogP contribution in [0.25, 0.3) is 0 Å². The molecule has 38 heavy (non-hydrogen) atoms. The smallest absolute Gasteiger partial charge is 0.225 e. The monoisotopic (exact) mass is 524 g/mol. The Morgan fingerprint density at radius 3 is 1.82 bits per heavy atom. The van der Waals surface area contributed by atoms with Crippen molar-refractivity contribution in [3.63, 3.8) is 0 Å². The van der Waals surface area contributed by atoms with E-state index in [4.69, 9.17) is 9.47 Å². The lowest BCUT2D eigenvalue weighted by Gasteiger charge is -2.28. The maximum Gasteiger partial charge on any atom is 0.225 e. The van der Waals surface area contributed by atoms with Crippen molar-refractivity contribution in [2.24, 2.45) is 65.1 Å². The molecule has 2 N–H and O–H groups in total. The molecule has 0 aromatic carbocycles. The van der Waals surface area contributed by atoms with Gasteiger partial charge in [-0.1, -0.05) is 31.2 Å². The number of methoxy groups -OCH3 is 1. The molecule has 0 radical (unpaired) electrons. The number of carbonyl (C=O) groups excluding carboxylic acids is 2. The lowest BCUT2D eigenvalue weighted by molar-refractivity contribution is -0.131. The summed E-state index contributed by atoms with van der Waals surface area (Å²) in [5.74, 6) is 3.49. The number of carbonyl (C=O) groups is 2. The van der Waals surface area contributed by atoms with Gasteiger partial charge in [0.1, 0.15) is 0 Å². The van der Waals surface area contributed by atoms with Crippen molar-refractivity contribution in [1.82, 2.24) is 10.6 Å². The van der Waals surface area contributed by atoms with Crippen LogP contribution < -0.4 is 10.6 Å². The van der Waals surface area contributed by atoms with E-state index in [9.17, 15) is 9.59 Å². The molecule has 4 aliphatic rings. The minimum absolute atomic E-state index is 0.0127. The molecular weight excluding hydrogens is 476 g/mol. The van der Waals surface area contributed by atoms with Crippen molar-refractivity contribution in [3.8, 4) is 0 Å². The minimum Gasteiger partial charge on any atom is -0.383 e. The summed E-state index contributed by atoms with van der Waals surface area (Å²) in [6.45, 7) is 20.3. The van der Waals surface area contributed by atoms with Crippen LogP contribution in [0.1, 0.15) is 32.6 Å². The maximum absolute atomic E-state index is 13.2. The predicted octanol–water partition coefficient (Wildman–Crippen LogP) is 4.41. The lowest BCUT2D eigenvalue weighted by atomic mass is 9.83. The maximum atomic E-state index is 13.2. The predicted molar refractivity (Wildman–Crippen MR) is 151 cm³/mol. The molecule has 0 aliphatic heterocycles. The molecular formula is C32H48N2O4. The first-order valence-corrected chi connectivity index (χ1v) is 14.6. The highest BCUT2D eigenvalue weighted by atomic mass is 16.5. The third-order valence-corrected chi connectivity index (χ3v) is 10.4. The summed E-state index contributed by atoms with van der Waals surface area (Å²) < 4.78 is 11.6. The molecule has 0 aromatic heterocycles. The van der Waals surface area contributed by atoms with Gasteiger partial charge < -0.3 is 20.1 Å². The van der Waals surface area contributed by atoms with Gasteiger partial charge in [0.15, 0.2) is 0 Å². The Balaban J connectivity index is 1.35. The summed E-state index contributed by atoms with van der Waals surface area (Å²) in [6, 6.07) is 0. The van der Waals surface area contributed by atoms with Crippen molar-refractivity contribution in [1.29, 1.82) is 0 Å². The van der Waals surface area contributed by atoms with Crippen molar-refractivity contribution in [2.75, 3.05) is 33.4 Å². The molecule has 0 bridgehead atoms. The molecule has 2 amide bonds. The normalized spacial score (nSPS) is 41.2. The highest BCUT2D eigenvalue weighted by molar-refractivity contribution is 5.80. The molecule has 4 aliphatic carbocycles. The summed E-state index contributed by atoms with van der Waals surface area (Å²) in [5.41, 5.74) is 0. The van der Waals surface area contributed by atoms with Crippen molar-refractivity contribution in [2.45, 2.75) is 38.7 Å². The van der Waals surface area contributed by atoms with Crippen LogP contribution in [0.2, 0.25) is 0 Å². The molecule has 0 heterocycles. The van der Waals surface area contributed by atoms with Gasteiger partial charge in [0.25, 0.3) is 0 Å². The first kappa shape index (κ1) is 28.8. The van der Waals surface area contributed by atoms with Crippen LogP contribution in [-0.4, -0.2) is 51.3 Å². The number of nitrogens with one attached hydrogen (secondary N) is 2. The van der Waals surface area contributed by atoms with Crippen molar-refractivity contribution in [3.05, 3.63) is 50.6 Å². The molecule has 210 valence electrons. The van der Waals surface area contributed by atoms with Gasteiger partial charge in [-0.3, -0.25) is 9.59 Å². The van der Waals surface area contributed by atoms with Gasteiger partial charge in [0.2, 0.25) is 11.8 Å². The molecule has 0 saturated heterocycles. The van der Waals surface area contributed by atoms with E-state index in [2.05, 4.69) is 56.0 Å². The van der Waals surface area contributed by atoms with E-state index in [1.807, 2.05) is 12.2 Å². The Kier molecular flexibility index (Phi) is 9.69. The molecule has 6 nitrogen and oxygen atoms in total. The molecule has 4 rings (SSSR count). The average molecular weight is 525 g/mol. The summed E-state index contributed by atoms with van der Waals surface area (Å²) in [7, 11) is 1.63. The fourth-order valence-electron chi connectivity index (χ4n) is 8.69. The second-order valence-electron chi connectivity index (χ2n) is 12.0. The Labute approximate surface area is 229 Å². The Morgan fingerprint density at radius 1 is 0.737 bits per heavy atom. The van der Waals surface area contributed by atoms with E-state index < -0.39 is 0 Å². The first-order chi connectivity index (χ1) is 18.4. The zero-order valence-electron chi connectivity index (χ0n) is 23.4. The molecule has 4 fully saturated rings. The Hall–Kier alpha value is -2.18. The summed E-state index contributed by atoms with van der Waals surface area (Å²) in [4.78, 5) is 26.4. The Morgan fingerprint density at radius 2 is 1.24 bits per heavy atom. The molecule has 12 unspecified atom stereocenters. The second kappa shape index (κ2) is 12.8. The topological polar surface area (TPSA) is 76.7 Å². The van der Waals surface area contributed by atoms with Crippen LogP contribution in [0.4, 0.5) is 0 Å². The largest absolute Gasteiger partial charge is 0.383 e. The van der Waals surface area contributed by atoms with Crippen molar-refractivity contribution < 1.29 is 19.1 Å². The van der Waals surface area contributed by atoms with Crippen LogP contribution in [0, 0.1) is 65.1 Å². The number of hydrogen-bond acceptors (Lipinski definition) is 4. The Bertz CT molecular complexity index is 902. The number of rotatable bonds is 13. The molecule has 0 spiro atoms.